The van der Waals surface area contributed by atoms with E-state index >= 15 is 0 Å². The van der Waals surface area contributed by atoms with Gasteiger partial charge in [0.25, 0.3) is 10.0 Å². The summed E-state index contributed by atoms with van der Waals surface area (Å²) in [7, 11) is -6.48. The van der Waals surface area contributed by atoms with Crippen LogP contribution < -0.4 is 9.44 Å². The summed E-state index contributed by atoms with van der Waals surface area (Å²) in [6, 6.07) is 11.8. The van der Waals surface area contributed by atoms with Crippen LogP contribution in [0, 0.1) is 6.92 Å². The predicted molar refractivity (Wildman–Crippen MR) is 99.6 cm³/mol. The Morgan fingerprint density at radius 3 is 2.22 bits per heavy atom. The SMILES string of the molecule is CNS(=O)(=O)c1cccc(S(=O)(=O)Nc2cccc(-n3cnnc3C)c2)c1. The van der Waals surface area contributed by atoms with Crippen molar-refractivity contribution in [3.63, 3.8) is 0 Å². The van der Waals surface area contributed by atoms with Crippen LogP contribution in [0.5, 0.6) is 0 Å². The Labute approximate surface area is 157 Å². The molecule has 0 aliphatic rings. The first-order valence-electron chi connectivity index (χ1n) is 7.76. The molecule has 27 heavy (non-hydrogen) atoms. The molecule has 0 aliphatic heterocycles. The van der Waals surface area contributed by atoms with Crippen molar-refractivity contribution in [2.75, 3.05) is 11.8 Å². The topological polar surface area (TPSA) is 123 Å². The molecule has 0 unspecified atom stereocenters. The highest BCUT2D eigenvalue weighted by Gasteiger charge is 2.19. The molecule has 2 N–H and O–H groups in total. The molecular formula is C16H17N5O4S2. The molecule has 0 spiro atoms. The maximum atomic E-state index is 12.7. The number of benzene rings is 2. The number of hydrogen-bond donors (Lipinski definition) is 2. The number of nitrogens with one attached hydrogen (secondary N) is 2. The van der Waals surface area contributed by atoms with E-state index in [1.807, 2.05) is 0 Å². The average Bonchev–Trinajstić information content (AvgIpc) is 3.08. The molecule has 9 nitrogen and oxygen atoms in total. The lowest BCUT2D eigenvalue weighted by molar-refractivity contribution is 0.588. The van der Waals surface area contributed by atoms with Crippen molar-refractivity contribution < 1.29 is 16.8 Å². The minimum Gasteiger partial charge on any atom is -0.286 e. The summed E-state index contributed by atoms with van der Waals surface area (Å²) >= 11 is 0. The second kappa shape index (κ2) is 7.10. The van der Waals surface area contributed by atoms with Crippen LogP contribution in [0.1, 0.15) is 5.82 Å². The van der Waals surface area contributed by atoms with Gasteiger partial charge < -0.3 is 0 Å². The van der Waals surface area contributed by atoms with Crippen molar-refractivity contribution in [2.45, 2.75) is 16.7 Å². The molecule has 0 aliphatic carbocycles. The maximum Gasteiger partial charge on any atom is 0.261 e. The normalized spacial score (nSPS) is 12.1. The van der Waals surface area contributed by atoms with E-state index in [1.165, 1.54) is 31.6 Å². The van der Waals surface area contributed by atoms with Gasteiger partial charge in [0.15, 0.2) is 0 Å². The third kappa shape index (κ3) is 3.99. The molecule has 2 aromatic carbocycles. The highest BCUT2D eigenvalue weighted by molar-refractivity contribution is 7.93. The second-order valence-corrected chi connectivity index (χ2v) is 9.16. The van der Waals surface area contributed by atoms with E-state index in [-0.39, 0.29) is 9.79 Å². The highest BCUT2D eigenvalue weighted by Crippen LogP contribution is 2.21. The second-order valence-electron chi connectivity index (χ2n) is 5.59. The van der Waals surface area contributed by atoms with Gasteiger partial charge in [0.1, 0.15) is 12.2 Å². The standard InChI is InChI=1S/C16H17N5O4S2/c1-12-19-18-11-21(12)14-6-3-5-13(9-14)20-27(24,25)16-8-4-7-15(10-16)26(22,23)17-2/h3-11,17,20H,1-2H3. The van der Waals surface area contributed by atoms with E-state index in [4.69, 9.17) is 0 Å². The molecule has 1 heterocycles. The van der Waals surface area contributed by atoms with Gasteiger partial charge >= 0.3 is 0 Å². The fourth-order valence-electron chi connectivity index (χ4n) is 2.41. The molecular weight excluding hydrogens is 390 g/mol. The number of aromatic nitrogens is 3. The number of anilines is 1. The van der Waals surface area contributed by atoms with Crippen molar-refractivity contribution in [3.8, 4) is 5.69 Å². The van der Waals surface area contributed by atoms with Gasteiger partial charge in [0.2, 0.25) is 10.0 Å². The lowest BCUT2D eigenvalue weighted by Gasteiger charge is -2.11. The molecule has 11 heteroatoms. The summed E-state index contributed by atoms with van der Waals surface area (Å²) in [6.07, 6.45) is 1.52. The number of sulfonamides is 2. The Morgan fingerprint density at radius 2 is 1.59 bits per heavy atom. The number of aryl methyl sites for hydroxylation is 1. The van der Waals surface area contributed by atoms with Gasteiger partial charge in [-0.3, -0.25) is 9.29 Å². The molecule has 0 fully saturated rings. The van der Waals surface area contributed by atoms with E-state index in [2.05, 4.69) is 19.6 Å². The van der Waals surface area contributed by atoms with E-state index in [1.54, 1.807) is 35.8 Å². The third-order valence-corrected chi connectivity index (χ3v) is 6.58. The molecule has 0 atom stereocenters. The lowest BCUT2D eigenvalue weighted by atomic mass is 10.3. The zero-order chi connectivity index (χ0) is 19.7. The summed E-state index contributed by atoms with van der Waals surface area (Å²) < 4.78 is 55.5. The first-order valence-corrected chi connectivity index (χ1v) is 10.7. The molecule has 1 aromatic heterocycles. The lowest BCUT2D eigenvalue weighted by Crippen LogP contribution is -2.19. The Bertz CT molecular complexity index is 1190. The van der Waals surface area contributed by atoms with Gasteiger partial charge in [-0.25, -0.2) is 21.6 Å². The van der Waals surface area contributed by atoms with Gasteiger partial charge in [-0.1, -0.05) is 12.1 Å². The molecule has 0 bridgehead atoms. The van der Waals surface area contributed by atoms with Crippen molar-refractivity contribution in [1.29, 1.82) is 0 Å². The summed E-state index contributed by atoms with van der Waals surface area (Å²) in [5.41, 5.74) is 1.01. The van der Waals surface area contributed by atoms with Crippen LogP contribution in [0.15, 0.2) is 64.6 Å². The monoisotopic (exact) mass is 407 g/mol. The van der Waals surface area contributed by atoms with E-state index < -0.39 is 20.0 Å². The molecule has 0 amide bonds. The Morgan fingerprint density at radius 1 is 0.926 bits per heavy atom. The van der Waals surface area contributed by atoms with E-state index in [0.717, 1.165) is 6.07 Å². The predicted octanol–water partition coefficient (Wildman–Crippen LogP) is 1.28. The van der Waals surface area contributed by atoms with Gasteiger partial charge in [0.05, 0.1) is 21.2 Å². The van der Waals surface area contributed by atoms with Gasteiger partial charge in [-0.05, 0) is 50.4 Å². The van der Waals surface area contributed by atoms with Gasteiger partial charge in [0, 0.05) is 0 Å². The summed E-state index contributed by atoms with van der Waals surface area (Å²) in [6.45, 7) is 1.78. The van der Waals surface area contributed by atoms with Crippen molar-refractivity contribution in [2.24, 2.45) is 0 Å². The zero-order valence-corrected chi connectivity index (χ0v) is 16.1. The molecule has 0 radical (unpaired) electrons. The Balaban J connectivity index is 1.94. The Kier molecular flexibility index (Phi) is 5.00. The fourth-order valence-corrected chi connectivity index (χ4v) is 4.35. The summed E-state index contributed by atoms with van der Waals surface area (Å²) in [5, 5.41) is 7.70. The quantitative estimate of drug-likeness (QED) is 0.635. The van der Waals surface area contributed by atoms with Crippen molar-refractivity contribution >= 4 is 25.7 Å². The van der Waals surface area contributed by atoms with Gasteiger partial charge in [-0.15, -0.1) is 10.2 Å². The zero-order valence-electron chi connectivity index (χ0n) is 14.5. The average molecular weight is 407 g/mol. The third-order valence-electron chi connectivity index (χ3n) is 3.79. The maximum absolute atomic E-state index is 12.7. The smallest absolute Gasteiger partial charge is 0.261 e. The highest BCUT2D eigenvalue weighted by atomic mass is 32.2. The first kappa shape index (κ1) is 19.0. The van der Waals surface area contributed by atoms with Crippen LogP contribution >= 0.6 is 0 Å². The van der Waals surface area contributed by atoms with E-state index in [0.29, 0.717) is 17.2 Å². The number of hydrogen-bond acceptors (Lipinski definition) is 6. The summed E-state index contributed by atoms with van der Waals surface area (Å²) in [4.78, 5) is -0.300. The van der Waals surface area contributed by atoms with Crippen LogP contribution in [0.25, 0.3) is 5.69 Å². The minimum atomic E-state index is -3.98. The van der Waals surface area contributed by atoms with Crippen LogP contribution in [-0.2, 0) is 20.0 Å². The molecule has 0 saturated carbocycles. The van der Waals surface area contributed by atoms with Crippen LogP contribution in [0.2, 0.25) is 0 Å². The molecule has 0 saturated heterocycles. The first-order chi connectivity index (χ1) is 12.7. The van der Waals surface area contributed by atoms with Gasteiger partial charge in [-0.2, -0.15) is 0 Å². The minimum absolute atomic E-state index is 0.137. The fraction of sp³-hybridized carbons (Fsp3) is 0.125. The van der Waals surface area contributed by atoms with Crippen molar-refractivity contribution in [3.05, 3.63) is 60.7 Å². The molecule has 3 rings (SSSR count). The largest absolute Gasteiger partial charge is 0.286 e. The number of rotatable bonds is 6. The number of nitrogens with zero attached hydrogens (tertiary/aromatic N) is 3. The van der Waals surface area contributed by atoms with E-state index in [9.17, 15) is 16.8 Å². The molecule has 142 valence electrons. The van der Waals surface area contributed by atoms with Crippen molar-refractivity contribution in [1.82, 2.24) is 19.5 Å². The van der Waals surface area contributed by atoms with Crippen LogP contribution in [-0.4, -0.2) is 38.6 Å². The molecule has 3 aromatic rings. The Hall–Kier alpha value is -2.76. The van der Waals surface area contributed by atoms with Crippen LogP contribution in [0.4, 0.5) is 5.69 Å². The van der Waals surface area contributed by atoms with Crippen LogP contribution in [0.3, 0.4) is 0 Å². The summed E-state index contributed by atoms with van der Waals surface area (Å²) in [5.74, 6) is 0.653.